The Balaban J connectivity index is 2.13. The molecule has 0 aliphatic carbocycles. The van der Waals surface area contributed by atoms with Gasteiger partial charge in [0.25, 0.3) is 0 Å². The van der Waals surface area contributed by atoms with Crippen LogP contribution >= 0.6 is 0 Å². The lowest BCUT2D eigenvalue weighted by molar-refractivity contribution is -0.143. The predicted molar refractivity (Wildman–Crippen MR) is 83.8 cm³/mol. The molecule has 2 rings (SSSR count). The summed E-state index contributed by atoms with van der Waals surface area (Å²) in [4.78, 5) is 16.0. The number of fused-ring (bicyclic) bond motifs is 1. The molecule has 1 atom stereocenters. The number of pyridine rings is 1. The summed E-state index contributed by atoms with van der Waals surface area (Å²) in [5, 5.41) is 5.58. The van der Waals surface area contributed by atoms with Crippen molar-refractivity contribution in [3.8, 4) is 0 Å². The standard InChI is InChI=1S/C17H22N2O2/c1-12(2)9-16(17(20)21-3)19-11-14-6-4-5-13-10-18-8-7-15(13)14/h4-8,10,12,16,19H,9,11H2,1-3H3. The molecule has 2 aromatic rings. The molecule has 0 spiro atoms. The normalized spacial score (nSPS) is 12.6. The van der Waals surface area contributed by atoms with Gasteiger partial charge in [-0.05, 0) is 29.4 Å². The van der Waals surface area contributed by atoms with Gasteiger partial charge in [-0.15, -0.1) is 0 Å². The highest BCUT2D eigenvalue weighted by Crippen LogP contribution is 2.18. The first-order valence-electron chi connectivity index (χ1n) is 7.24. The minimum Gasteiger partial charge on any atom is -0.468 e. The molecule has 112 valence electrons. The van der Waals surface area contributed by atoms with E-state index in [2.05, 4.69) is 30.2 Å². The summed E-state index contributed by atoms with van der Waals surface area (Å²) in [6.07, 6.45) is 4.40. The van der Waals surface area contributed by atoms with Gasteiger partial charge >= 0.3 is 5.97 Å². The SMILES string of the molecule is COC(=O)C(CC(C)C)NCc1cccc2cnccc12. The van der Waals surface area contributed by atoms with Crippen LogP contribution in [0.3, 0.4) is 0 Å². The highest BCUT2D eigenvalue weighted by atomic mass is 16.5. The van der Waals surface area contributed by atoms with Crippen LogP contribution in [0.5, 0.6) is 0 Å². The molecule has 1 heterocycles. The van der Waals surface area contributed by atoms with Gasteiger partial charge in [-0.2, -0.15) is 0 Å². The van der Waals surface area contributed by atoms with E-state index in [4.69, 9.17) is 4.74 Å². The van der Waals surface area contributed by atoms with E-state index in [-0.39, 0.29) is 12.0 Å². The van der Waals surface area contributed by atoms with Gasteiger partial charge in [0, 0.05) is 24.3 Å². The Morgan fingerprint density at radius 3 is 2.86 bits per heavy atom. The molecule has 21 heavy (non-hydrogen) atoms. The van der Waals surface area contributed by atoms with E-state index >= 15 is 0 Å². The van der Waals surface area contributed by atoms with Crippen molar-refractivity contribution in [1.82, 2.24) is 10.3 Å². The van der Waals surface area contributed by atoms with Gasteiger partial charge in [-0.1, -0.05) is 32.0 Å². The van der Waals surface area contributed by atoms with E-state index in [9.17, 15) is 4.79 Å². The van der Waals surface area contributed by atoms with Crippen LogP contribution in [0.4, 0.5) is 0 Å². The van der Waals surface area contributed by atoms with E-state index in [1.165, 1.54) is 7.11 Å². The molecule has 1 aromatic heterocycles. The largest absolute Gasteiger partial charge is 0.468 e. The number of hydrogen-bond acceptors (Lipinski definition) is 4. The fourth-order valence-electron chi connectivity index (χ4n) is 2.45. The fraction of sp³-hybridized carbons (Fsp3) is 0.412. The maximum Gasteiger partial charge on any atom is 0.322 e. The van der Waals surface area contributed by atoms with Crippen molar-refractivity contribution in [2.45, 2.75) is 32.9 Å². The van der Waals surface area contributed by atoms with Gasteiger partial charge in [0.1, 0.15) is 6.04 Å². The Bertz CT molecular complexity index is 605. The Morgan fingerprint density at radius 1 is 1.33 bits per heavy atom. The van der Waals surface area contributed by atoms with E-state index < -0.39 is 0 Å². The summed E-state index contributed by atoms with van der Waals surface area (Å²) in [7, 11) is 1.43. The molecule has 4 heteroatoms. The van der Waals surface area contributed by atoms with Crippen molar-refractivity contribution in [1.29, 1.82) is 0 Å². The molecule has 0 saturated heterocycles. The third-order valence-corrected chi connectivity index (χ3v) is 3.50. The first-order chi connectivity index (χ1) is 10.1. The van der Waals surface area contributed by atoms with Crippen molar-refractivity contribution in [2.24, 2.45) is 5.92 Å². The zero-order valence-corrected chi connectivity index (χ0v) is 12.8. The average Bonchev–Trinajstić information content (AvgIpc) is 2.50. The minimum atomic E-state index is -0.271. The second-order valence-electron chi connectivity index (χ2n) is 5.60. The number of ether oxygens (including phenoxy) is 1. The molecule has 0 bridgehead atoms. The maximum atomic E-state index is 11.8. The van der Waals surface area contributed by atoms with Crippen LogP contribution in [0.25, 0.3) is 10.8 Å². The summed E-state index contributed by atoms with van der Waals surface area (Å²) in [6, 6.07) is 7.85. The number of rotatable bonds is 6. The molecule has 0 amide bonds. The van der Waals surface area contributed by atoms with Crippen LogP contribution in [0.15, 0.2) is 36.7 Å². The number of nitrogens with zero attached hydrogens (tertiary/aromatic N) is 1. The molecular formula is C17H22N2O2. The lowest BCUT2D eigenvalue weighted by Gasteiger charge is -2.19. The number of aromatic nitrogens is 1. The molecule has 0 saturated carbocycles. The van der Waals surface area contributed by atoms with Crippen LogP contribution in [0.2, 0.25) is 0 Å². The van der Waals surface area contributed by atoms with E-state index in [1.807, 2.05) is 24.4 Å². The number of carbonyl (C=O) groups is 1. The first kappa shape index (κ1) is 15.4. The molecule has 0 aliphatic heterocycles. The van der Waals surface area contributed by atoms with Gasteiger partial charge in [0.15, 0.2) is 0 Å². The highest BCUT2D eigenvalue weighted by molar-refractivity contribution is 5.84. The number of hydrogen-bond donors (Lipinski definition) is 1. The fourth-order valence-corrected chi connectivity index (χ4v) is 2.45. The Kier molecular flexibility index (Phi) is 5.28. The molecular weight excluding hydrogens is 264 g/mol. The second-order valence-corrected chi connectivity index (χ2v) is 5.60. The lowest BCUT2D eigenvalue weighted by Crippen LogP contribution is -2.38. The summed E-state index contributed by atoms with van der Waals surface area (Å²) < 4.78 is 4.88. The topological polar surface area (TPSA) is 51.2 Å². The first-order valence-corrected chi connectivity index (χ1v) is 7.24. The third-order valence-electron chi connectivity index (χ3n) is 3.50. The molecule has 4 nitrogen and oxygen atoms in total. The van der Waals surface area contributed by atoms with Crippen LogP contribution in [0.1, 0.15) is 25.8 Å². The summed E-state index contributed by atoms with van der Waals surface area (Å²) in [5.41, 5.74) is 1.16. The summed E-state index contributed by atoms with van der Waals surface area (Å²) >= 11 is 0. The van der Waals surface area contributed by atoms with E-state index in [0.29, 0.717) is 12.5 Å². The molecule has 0 radical (unpaired) electrons. The second kappa shape index (κ2) is 7.18. The highest BCUT2D eigenvalue weighted by Gasteiger charge is 2.19. The molecule has 0 fully saturated rings. The van der Waals surface area contributed by atoms with Crippen molar-refractivity contribution in [3.05, 3.63) is 42.2 Å². The van der Waals surface area contributed by atoms with Gasteiger partial charge in [-0.3, -0.25) is 9.78 Å². The number of methoxy groups -OCH3 is 1. The number of nitrogens with one attached hydrogen (secondary N) is 1. The zero-order chi connectivity index (χ0) is 15.2. The van der Waals surface area contributed by atoms with Crippen molar-refractivity contribution in [3.63, 3.8) is 0 Å². The Morgan fingerprint density at radius 2 is 2.14 bits per heavy atom. The monoisotopic (exact) mass is 286 g/mol. The molecule has 0 aliphatic rings. The average molecular weight is 286 g/mol. The quantitative estimate of drug-likeness (QED) is 0.830. The van der Waals surface area contributed by atoms with Gasteiger partial charge in [0.2, 0.25) is 0 Å². The molecule has 1 N–H and O–H groups in total. The molecule has 1 unspecified atom stereocenters. The lowest BCUT2D eigenvalue weighted by atomic mass is 10.0. The minimum absolute atomic E-state index is 0.203. The smallest absolute Gasteiger partial charge is 0.322 e. The summed E-state index contributed by atoms with van der Waals surface area (Å²) in [5.74, 6) is 0.226. The number of carbonyl (C=O) groups excluding carboxylic acids is 1. The number of esters is 1. The van der Waals surface area contributed by atoms with Crippen molar-refractivity contribution in [2.75, 3.05) is 7.11 Å². The van der Waals surface area contributed by atoms with Crippen LogP contribution in [0, 0.1) is 5.92 Å². The Labute approximate surface area is 125 Å². The van der Waals surface area contributed by atoms with Crippen molar-refractivity contribution < 1.29 is 9.53 Å². The van der Waals surface area contributed by atoms with Crippen LogP contribution in [-0.2, 0) is 16.1 Å². The van der Waals surface area contributed by atoms with E-state index in [1.54, 1.807) is 6.20 Å². The summed E-state index contributed by atoms with van der Waals surface area (Å²) in [6.45, 7) is 4.83. The van der Waals surface area contributed by atoms with Gasteiger partial charge in [-0.25, -0.2) is 0 Å². The molecule has 1 aromatic carbocycles. The van der Waals surface area contributed by atoms with Crippen LogP contribution < -0.4 is 5.32 Å². The van der Waals surface area contributed by atoms with Gasteiger partial charge < -0.3 is 10.1 Å². The van der Waals surface area contributed by atoms with Crippen molar-refractivity contribution >= 4 is 16.7 Å². The van der Waals surface area contributed by atoms with Crippen LogP contribution in [-0.4, -0.2) is 24.1 Å². The Hall–Kier alpha value is -1.94. The maximum absolute atomic E-state index is 11.8. The van der Waals surface area contributed by atoms with E-state index in [0.717, 1.165) is 22.8 Å². The zero-order valence-electron chi connectivity index (χ0n) is 12.8. The third kappa shape index (κ3) is 4.02. The number of benzene rings is 1. The van der Waals surface area contributed by atoms with Gasteiger partial charge in [0.05, 0.1) is 7.11 Å². The predicted octanol–water partition coefficient (Wildman–Crippen LogP) is 2.91.